The summed E-state index contributed by atoms with van der Waals surface area (Å²) in [7, 11) is 2.10. The van der Waals surface area contributed by atoms with Crippen molar-refractivity contribution >= 4 is 0 Å². The van der Waals surface area contributed by atoms with Gasteiger partial charge in [0, 0.05) is 12.0 Å². The molecule has 0 aromatic heterocycles. The van der Waals surface area contributed by atoms with Gasteiger partial charge in [0.25, 0.3) is 0 Å². The zero-order valence-corrected chi connectivity index (χ0v) is 10.1. The van der Waals surface area contributed by atoms with Crippen molar-refractivity contribution in [1.82, 2.24) is 5.32 Å². The van der Waals surface area contributed by atoms with Gasteiger partial charge in [-0.1, -0.05) is 24.3 Å². The van der Waals surface area contributed by atoms with Crippen molar-refractivity contribution in [3.8, 4) is 0 Å². The predicted octanol–water partition coefficient (Wildman–Crippen LogP) is 2.89. The van der Waals surface area contributed by atoms with E-state index in [0.717, 1.165) is 12.5 Å². The fraction of sp³-hybridized carbons (Fsp3) is 0.600. The third-order valence-corrected chi connectivity index (χ3v) is 4.47. The van der Waals surface area contributed by atoms with Crippen LogP contribution >= 0.6 is 0 Å². The highest BCUT2D eigenvalue weighted by Crippen LogP contribution is 2.52. The van der Waals surface area contributed by atoms with E-state index in [4.69, 9.17) is 0 Å². The highest BCUT2D eigenvalue weighted by molar-refractivity contribution is 5.39. The second-order valence-electron chi connectivity index (χ2n) is 5.47. The molecule has 1 nitrogen and oxygen atoms in total. The van der Waals surface area contributed by atoms with E-state index in [0.29, 0.717) is 5.41 Å². The molecule has 86 valence electrons. The van der Waals surface area contributed by atoms with Gasteiger partial charge < -0.3 is 5.32 Å². The van der Waals surface area contributed by atoms with Crippen molar-refractivity contribution in [2.24, 2.45) is 5.92 Å². The first kappa shape index (κ1) is 10.3. The third-order valence-electron chi connectivity index (χ3n) is 4.47. The monoisotopic (exact) mass is 215 g/mol. The Morgan fingerprint density at radius 1 is 1.31 bits per heavy atom. The third kappa shape index (κ3) is 1.49. The molecule has 1 fully saturated rings. The summed E-state index contributed by atoms with van der Waals surface area (Å²) < 4.78 is 0. The minimum absolute atomic E-state index is 0.462. The number of hydrogen-bond donors (Lipinski definition) is 1. The van der Waals surface area contributed by atoms with Crippen LogP contribution in [0.2, 0.25) is 0 Å². The van der Waals surface area contributed by atoms with Crippen LogP contribution in [0.5, 0.6) is 0 Å². The number of aryl methyl sites for hydroxylation is 1. The van der Waals surface area contributed by atoms with Gasteiger partial charge in [0.2, 0.25) is 0 Å². The van der Waals surface area contributed by atoms with Crippen LogP contribution in [-0.2, 0) is 11.8 Å². The lowest BCUT2D eigenvalue weighted by atomic mass is 9.67. The first-order chi connectivity index (χ1) is 7.87. The van der Waals surface area contributed by atoms with Gasteiger partial charge in [-0.25, -0.2) is 0 Å². The Kier molecular flexibility index (Phi) is 2.51. The normalized spacial score (nSPS) is 28.8. The SMILES string of the molecule is CNCC1(C2CC2)CCCc2ccccc21. The number of likely N-dealkylation sites (N-methyl/N-ethyl adjacent to an activating group) is 1. The lowest BCUT2D eigenvalue weighted by Gasteiger charge is -2.40. The average molecular weight is 215 g/mol. The van der Waals surface area contributed by atoms with E-state index >= 15 is 0 Å². The summed E-state index contributed by atoms with van der Waals surface area (Å²) in [6.07, 6.45) is 6.92. The van der Waals surface area contributed by atoms with E-state index in [2.05, 4.69) is 36.6 Å². The second kappa shape index (κ2) is 3.89. The fourth-order valence-electron chi connectivity index (χ4n) is 3.66. The molecular weight excluding hydrogens is 194 g/mol. The Morgan fingerprint density at radius 3 is 2.88 bits per heavy atom. The van der Waals surface area contributed by atoms with Gasteiger partial charge in [-0.2, -0.15) is 0 Å². The predicted molar refractivity (Wildman–Crippen MR) is 67.7 cm³/mol. The molecule has 16 heavy (non-hydrogen) atoms. The molecule has 0 spiro atoms. The zero-order chi connectivity index (χ0) is 11.0. The van der Waals surface area contributed by atoms with Crippen molar-refractivity contribution in [1.29, 1.82) is 0 Å². The van der Waals surface area contributed by atoms with E-state index in [-0.39, 0.29) is 0 Å². The maximum atomic E-state index is 3.44. The molecular formula is C15H21N. The molecule has 1 unspecified atom stereocenters. The van der Waals surface area contributed by atoms with E-state index in [1.807, 2.05) is 0 Å². The zero-order valence-electron chi connectivity index (χ0n) is 10.1. The molecule has 0 amide bonds. The van der Waals surface area contributed by atoms with Gasteiger partial charge in [-0.05, 0) is 56.2 Å². The summed E-state index contributed by atoms with van der Waals surface area (Å²) >= 11 is 0. The van der Waals surface area contributed by atoms with Gasteiger partial charge in [0.15, 0.2) is 0 Å². The van der Waals surface area contributed by atoms with E-state index in [1.54, 1.807) is 11.1 Å². The van der Waals surface area contributed by atoms with Crippen molar-refractivity contribution < 1.29 is 0 Å². The summed E-state index contributed by atoms with van der Waals surface area (Å²) in [5.74, 6) is 0.946. The van der Waals surface area contributed by atoms with Crippen LogP contribution in [-0.4, -0.2) is 13.6 Å². The Balaban J connectivity index is 2.06. The number of benzene rings is 1. The molecule has 0 heterocycles. The summed E-state index contributed by atoms with van der Waals surface area (Å²) in [4.78, 5) is 0. The molecule has 1 N–H and O–H groups in total. The van der Waals surface area contributed by atoms with Crippen molar-refractivity contribution in [3.63, 3.8) is 0 Å². The van der Waals surface area contributed by atoms with Gasteiger partial charge in [-0.3, -0.25) is 0 Å². The van der Waals surface area contributed by atoms with E-state index in [9.17, 15) is 0 Å². The molecule has 0 bridgehead atoms. The molecule has 3 rings (SSSR count). The maximum absolute atomic E-state index is 3.44. The van der Waals surface area contributed by atoms with Gasteiger partial charge in [0.05, 0.1) is 0 Å². The van der Waals surface area contributed by atoms with Gasteiger partial charge in [-0.15, -0.1) is 0 Å². The van der Waals surface area contributed by atoms with E-state index in [1.165, 1.54) is 32.1 Å². The number of rotatable bonds is 3. The Hall–Kier alpha value is -0.820. The number of hydrogen-bond acceptors (Lipinski definition) is 1. The molecule has 1 aromatic rings. The Bertz CT molecular complexity index is 381. The minimum Gasteiger partial charge on any atom is -0.319 e. The van der Waals surface area contributed by atoms with Crippen molar-refractivity contribution in [2.75, 3.05) is 13.6 Å². The highest BCUT2D eigenvalue weighted by Gasteiger charge is 2.47. The summed E-state index contributed by atoms with van der Waals surface area (Å²) in [5.41, 5.74) is 3.72. The number of fused-ring (bicyclic) bond motifs is 1. The van der Waals surface area contributed by atoms with Crippen molar-refractivity contribution in [2.45, 2.75) is 37.5 Å². The highest BCUT2D eigenvalue weighted by atomic mass is 14.8. The van der Waals surface area contributed by atoms with Crippen LogP contribution in [0.3, 0.4) is 0 Å². The molecule has 0 saturated heterocycles. The molecule has 0 aliphatic heterocycles. The molecule has 2 aliphatic carbocycles. The Labute approximate surface area is 98.3 Å². The standard InChI is InChI=1S/C15H21N/c1-16-11-15(13-8-9-13)10-4-6-12-5-2-3-7-14(12)15/h2-3,5,7,13,16H,4,6,8-11H2,1H3. The second-order valence-corrected chi connectivity index (χ2v) is 5.47. The largest absolute Gasteiger partial charge is 0.319 e. The summed E-state index contributed by atoms with van der Waals surface area (Å²) in [6.45, 7) is 1.16. The van der Waals surface area contributed by atoms with Crippen LogP contribution in [0, 0.1) is 5.92 Å². The molecule has 1 heteroatoms. The first-order valence-electron chi connectivity index (χ1n) is 6.60. The Morgan fingerprint density at radius 2 is 2.12 bits per heavy atom. The van der Waals surface area contributed by atoms with E-state index < -0.39 is 0 Å². The molecule has 1 atom stereocenters. The molecule has 2 aliphatic rings. The van der Waals surface area contributed by atoms with Crippen molar-refractivity contribution in [3.05, 3.63) is 35.4 Å². The molecule has 1 saturated carbocycles. The quantitative estimate of drug-likeness (QED) is 0.817. The molecule has 0 radical (unpaired) electrons. The van der Waals surface area contributed by atoms with Crippen LogP contribution in [0.25, 0.3) is 0 Å². The van der Waals surface area contributed by atoms with Crippen LogP contribution in [0.4, 0.5) is 0 Å². The summed E-state index contributed by atoms with van der Waals surface area (Å²) in [6, 6.07) is 9.13. The lowest BCUT2D eigenvalue weighted by molar-refractivity contribution is 0.304. The van der Waals surface area contributed by atoms with Gasteiger partial charge >= 0.3 is 0 Å². The smallest absolute Gasteiger partial charge is 0.0109 e. The maximum Gasteiger partial charge on any atom is 0.0109 e. The van der Waals surface area contributed by atoms with Gasteiger partial charge in [0.1, 0.15) is 0 Å². The lowest BCUT2D eigenvalue weighted by Crippen LogP contribution is -2.41. The van der Waals surface area contributed by atoms with Crippen LogP contribution < -0.4 is 5.32 Å². The fourth-order valence-corrected chi connectivity index (χ4v) is 3.66. The van der Waals surface area contributed by atoms with Crippen LogP contribution in [0.1, 0.15) is 36.8 Å². The van der Waals surface area contributed by atoms with Crippen LogP contribution in [0.15, 0.2) is 24.3 Å². The topological polar surface area (TPSA) is 12.0 Å². The number of nitrogens with one attached hydrogen (secondary N) is 1. The first-order valence-corrected chi connectivity index (χ1v) is 6.60. The molecule has 1 aromatic carbocycles. The summed E-state index contributed by atoms with van der Waals surface area (Å²) in [5, 5.41) is 3.44. The average Bonchev–Trinajstić information content (AvgIpc) is 3.14. The minimum atomic E-state index is 0.462.